The van der Waals surface area contributed by atoms with Crippen molar-refractivity contribution in [1.29, 1.82) is 0 Å². The summed E-state index contributed by atoms with van der Waals surface area (Å²) in [5.41, 5.74) is 0. The summed E-state index contributed by atoms with van der Waals surface area (Å²) >= 11 is 9.11. The fourth-order valence-corrected chi connectivity index (χ4v) is 1.54. The number of hydrogen-bond donors (Lipinski definition) is 0. The molecule has 76 valence electrons. The van der Waals surface area contributed by atoms with Crippen LogP contribution in [0.4, 0.5) is 0 Å². The van der Waals surface area contributed by atoms with Crippen molar-refractivity contribution in [3.63, 3.8) is 0 Å². The third kappa shape index (κ3) is 2.70. The van der Waals surface area contributed by atoms with E-state index in [0.29, 0.717) is 10.9 Å². The minimum atomic E-state index is 0.520. The van der Waals surface area contributed by atoms with E-state index in [2.05, 4.69) is 20.9 Å². The summed E-state index contributed by atoms with van der Waals surface area (Å²) in [6, 6.07) is 11.1. The van der Waals surface area contributed by atoms with E-state index in [-0.39, 0.29) is 0 Å². The molecule has 0 aliphatic carbocycles. The van der Waals surface area contributed by atoms with E-state index in [0.717, 1.165) is 10.2 Å². The average molecular weight is 285 g/mol. The van der Waals surface area contributed by atoms with Crippen molar-refractivity contribution in [2.45, 2.75) is 0 Å². The number of benzene rings is 1. The van der Waals surface area contributed by atoms with E-state index in [4.69, 9.17) is 16.3 Å². The van der Waals surface area contributed by atoms with Crippen molar-refractivity contribution >= 4 is 27.5 Å². The van der Waals surface area contributed by atoms with Crippen LogP contribution in [0, 0.1) is 0 Å². The van der Waals surface area contributed by atoms with Crippen LogP contribution in [0.3, 0.4) is 0 Å². The van der Waals surface area contributed by atoms with Crippen LogP contribution in [0.2, 0.25) is 5.02 Å². The van der Waals surface area contributed by atoms with Crippen LogP contribution in [0.1, 0.15) is 0 Å². The van der Waals surface area contributed by atoms with Crippen LogP contribution in [0.5, 0.6) is 11.6 Å². The summed E-state index contributed by atoms with van der Waals surface area (Å²) in [5, 5.41) is 0.592. The van der Waals surface area contributed by atoms with Gasteiger partial charge in [0.05, 0.1) is 9.50 Å². The van der Waals surface area contributed by atoms with E-state index in [1.54, 1.807) is 18.3 Å². The minimum absolute atomic E-state index is 0.520. The molecule has 0 bridgehead atoms. The van der Waals surface area contributed by atoms with Crippen LogP contribution in [-0.4, -0.2) is 4.98 Å². The molecule has 1 aromatic heterocycles. The molecule has 1 heterocycles. The van der Waals surface area contributed by atoms with Gasteiger partial charge >= 0.3 is 0 Å². The molecule has 0 saturated heterocycles. The number of rotatable bonds is 2. The molecule has 0 saturated carbocycles. The van der Waals surface area contributed by atoms with Crippen LogP contribution >= 0.6 is 27.5 Å². The number of para-hydroxylation sites is 1. The number of nitrogens with zero attached hydrogens (tertiary/aromatic N) is 1. The molecule has 0 spiro atoms. The standard InChI is InChI=1S/C11H7BrClNO/c12-9-3-1-2-4-10(9)15-11-6-5-8(13)7-14-11/h1-7H. The van der Waals surface area contributed by atoms with Crippen LogP contribution in [0.25, 0.3) is 0 Å². The van der Waals surface area contributed by atoms with Gasteiger partial charge in [-0.05, 0) is 34.1 Å². The fourth-order valence-electron chi connectivity index (χ4n) is 1.06. The van der Waals surface area contributed by atoms with Crippen molar-refractivity contribution in [3.05, 3.63) is 52.1 Å². The van der Waals surface area contributed by atoms with Gasteiger partial charge in [-0.2, -0.15) is 0 Å². The first-order valence-electron chi connectivity index (χ1n) is 4.29. The molecule has 1 aromatic carbocycles. The maximum Gasteiger partial charge on any atom is 0.219 e. The average Bonchev–Trinajstić information content (AvgIpc) is 2.25. The maximum atomic E-state index is 5.72. The zero-order valence-corrected chi connectivity index (χ0v) is 9.99. The molecule has 0 N–H and O–H groups in total. The van der Waals surface area contributed by atoms with E-state index < -0.39 is 0 Å². The van der Waals surface area contributed by atoms with Crippen LogP contribution in [0.15, 0.2) is 47.1 Å². The highest BCUT2D eigenvalue weighted by Gasteiger charge is 2.01. The smallest absolute Gasteiger partial charge is 0.219 e. The molecule has 0 unspecified atom stereocenters. The van der Waals surface area contributed by atoms with Gasteiger partial charge in [0.1, 0.15) is 5.75 Å². The van der Waals surface area contributed by atoms with Gasteiger partial charge < -0.3 is 4.74 Å². The van der Waals surface area contributed by atoms with Gasteiger partial charge in [0.2, 0.25) is 5.88 Å². The molecule has 4 heteroatoms. The predicted molar refractivity (Wildman–Crippen MR) is 63.5 cm³/mol. The summed E-state index contributed by atoms with van der Waals surface area (Å²) in [6.45, 7) is 0. The molecule has 0 radical (unpaired) electrons. The Labute approximate surface area is 101 Å². The highest BCUT2D eigenvalue weighted by molar-refractivity contribution is 9.10. The Morgan fingerprint density at radius 2 is 1.93 bits per heavy atom. The van der Waals surface area contributed by atoms with Gasteiger partial charge in [0.15, 0.2) is 0 Å². The van der Waals surface area contributed by atoms with Crippen molar-refractivity contribution in [3.8, 4) is 11.6 Å². The van der Waals surface area contributed by atoms with E-state index in [1.165, 1.54) is 0 Å². The summed E-state index contributed by atoms with van der Waals surface area (Å²) in [7, 11) is 0. The topological polar surface area (TPSA) is 22.1 Å². The lowest BCUT2D eigenvalue weighted by atomic mass is 10.3. The number of hydrogen-bond acceptors (Lipinski definition) is 2. The molecule has 0 fully saturated rings. The maximum absolute atomic E-state index is 5.72. The van der Waals surface area contributed by atoms with Crippen molar-refractivity contribution in [1.82, 2.24) is 4.98 Å². The second-order valence-electron chi connectivity index (χ2n) is 2.85. The summed E-state index contributed by atoms with van der Waals surface area (Å²) < 4.78 is 6.44. The Morgan fingerprint density at radius 3 is 2.60 bits per heavy atom. The quantitative estimate of drug-likeness (QED) is 0.821. The molecule has 15 heavy (non-hydrogen) atoms. The van der Waals surface area contributed by atoms with Crippen molar-refractivity contribution in [2.75, 3.05) is 0 Å². The van der Waals surface area contributed by atoms with E-state index in [1.807, 2.05) is 24.3 Å². The van der Waals surface area contributed by atoms with E-state index >= 15 is 0 Å². The lowest BCUT2D eigenvalue weighted by Gasteiger charge is -2.05. The van der Waals surface area contributed by atoms with Gasteiger partial charge in [0.25, 0.3) is 0 Å². The van der Waals surface area contributed by atoms with Gasteiger partial charge in [-0.15, -0.1) is 0 Å². The second-order valence-corrected chi connectivity index (χ2v) is 4.14. The monoisotopic (exact) mass is 283 g/mol. The molecule has 2 rings (SSSR count). The van der Waals surface area contributed by atoms with Gasteiger partial charge in [-0.1, -0.05) is 23.7 Å². The van der Waals surface area contributed by atoms with Gasteiger partial charge in [-0.25, -0.2) is 4.98 Å². The SMILES string of the molecule is Clc1ccc(Oc2ccccc2Br)nc1. The molecule has 2 nitrogen and oxygen atoms in total. The first kappa shape index (κ1) is 10.5. The molecular weight excluding hydrogens is 277 g/mol. The highest BCUT2D eigenvalue weighted by atomic mass is 79.9. The number of pyridine rings is 1. The molecule has 0 aliphatic rings. The van der Waals surface area contributed by atoms with Crippen molar-refractivity contribution in [2.24, 2.45) is 0 Å². The Balaban J connectivity index is 2.22. The number of aromatic nitrogens is 1. The lowest BCUT2D eigenvalue weighted by molar-refractivity contribution is 0.460. The third-order valence-corrected chi connectivity index (χ3v) is 2.63. The fraction of sp³-hybridized carbons (Fsp3) is 0. The predicted octanol–water partition coefficient (Wildman–Crippen LogP) is 4.29. The first-order valence-corrected chi connectivity index (χ1v) is 5.47. The Bertz CT molecular complexity index is 458. The largest absolute Gasteiger partial charge is 0.438 e. The molecule has 0 atom stereocenters. The summed E-state index contributed by atoms with van der Waals surface area (Å²) in [4.78, 5) is 4.04. The lowest BCUT2D eigenvalue weighted by Crippen LogP contribution is -1.87. The second kappa shape index (κ2) is 4.64. The summed E-state index contributed by atoms with van der Waals surface area (Å²) in [6.07, 6.45) is 1.55. The Kier molecular flexibility index (Phi) is 3.23. The van der Waals surface area contributed by atoms with Crippen LogP contribution in [-0.2, 0) is 0 Å². The Morgan fingerprint density at radius 1 is 1.13 bits per heavy atom. The van der Waals surface area contributed by atoms with Crippen LogP contribution < -0.4 is 4.74 Å². The molecule has 0 amide bonds. The zero-order chi connectivity index (χ0) is 10.7. The molecule has 2 aromatic rings. The number of halogens is 2. The van der Waals surface area contributed by atoms with Gasteiger partial charge in [-0.3, -0.25) is 0 Å². The highest BCUT2D eigenvalue weighted by Crippen LogP contribution is 2.28. The Hall–Kier alpha value is -1.06. The minimum Gasteiger partial charge on any atom is -0.438 e. The molecular formula is C11H7BrClNO. The number of ether oxygens (including phenoxy) is 1. The van der Waals surface area contributed by atoms with Crippen molar-refractivity contribution < 1.29 is 4.74 Å². The zero-order valence-electron chi connectivity index (χ0n) is 7.65. The van der Waals surface area contributed by atoms with Gasteiger partial charge in [0, 0.05) is 12.3 Å². The third-order valence-electron chi connectivity index (χ3n) is 1.75. The first-order chi connectivity index (χ1) is 7.25. The summed E-state index contributed by atoms with van der Waals surface area (Å²) in [5.74, 6) is 1.25. The van der Waals surface area contributed by atoms with E-state index in [9.17, 15) is 0 Å². The molecule has 0 aliphatic heterocycles. The normalized spacial score (nSPS) is 10.0.